The van der Waals surface area contributed by atoms with Crippen molar-refractivity contribution in [1.82, 2.24) is 10.6 Å². The van der Waals surface area contributed by atoms with E-state index in [-0.39, 0.29) is 11.8 Å². The number of nitrogens with one attached hydrogen (secondary N) is 2. The van der Waals surface area contributed by atoms with Crippen LogP contribution in [0.5, 0.6) is 11.5 Å². The number of amides is 2. The second-order valence-corrected chi connectivity index (χ2v) is 4.97. The molecule has 0 aliphatic carbocycles. The highest BCUT2D eigenvalue weighted by Crippen LogP contribution is 2.28. The highest BCUT2D eigenvalue weighted by Gasteiger charge is 2.12. The fraction of sp³-hybridized carbons (Fsp3) is 0.333. The predicted molar refractivity (Wildman–Crippen MR) is 94.0 cm³/mol. The maximum Gasteiger partial charge on any atom is 0.244 e. The van der Waals surface area contributed by atoms with Crippen molar-refractivity contribution in [2.24, 2.45) is 0 Å². The van der Waals surface area contributed by atoms with Gasteiger partial charge < -0.3 is 20.1 Å². The Morgan fingerprint density at radius 3 is 2.71 bits per heavy atom. The van der Waals surface area contributed by atoms with Crippen LogP contribution >= 0.6 is 0 Å². The lowest BCUT2D eigenvalue weighted by molar-refractivity contribution is -0.126. The van der Waals surface area contributed by atoms with Crippen molar-refractivity contribution in [2.45, 2.75) is 19.9 Å². The summed E-state index contributed by atoms with van der Waals surface area (Å²) in [4.78, 5) is 23.4. The van der Waals surface area contributed by atoms with E-state index in [1.54, 1.807) is 44.4 Å². The van der Waals surface area contributed by atoms with E-state index >= 15 is 0 Å². The van der Waals surface area contributed by atoms with Gasteiger partial charge in [-0.3, -0.25) is 9.59 Å². The molecule has 0 radical (unpaired) electrons. The third-order valence-corrected chi connectivity index (χ3v) is 3.07. The van der Waals surface area contributed by atoms with Gasteiger partial charge in [0.2, 0.25) is 11.8 Å². The quantitative estimate of drug-likeness (QED) is 0.535. The van der Waals surface area contributed by atoms with Crippen molar-refractivity contribution in [3.8, 4) is 11.5 Å². The molecule has 1 atom stereocenters. The number of likely N-dealkylation sites (N-methyl/N-ethyl adjacent to an activating group) is 1. The van der Waals surface area contributed by atoms with Crippen LogP contribution in [0.3, 0.4) is 0 Å². The molecule has 1 rings (SSSR count). The number of rotatable bonds is 9. The van der Waals surface area contributed by atoms with Crippen LogP contribution in [0.1, 0.15) is 19.4 Å². The first-order valence-corrected chi connectivity index (χ1v) is 7.69. The van der Waals surface area contributed by atoms with Gasteiger partial charge in [0.1, 0.15) is 12.6 Å². The zero-order valence-electron chi connectivity index (χ0n) is 14.3. The minimum atomic E-state index is -0.591. The number of hydrogen-bond donors (Lipinski definition) is 2. The Kier molecular flexibility index (Phi) is 8.11. The number of methoxy groups -OCH3 is 1. The minimum Gasteiger partial charge on any atom is -0.493 e. The fourth-order valence-electron chi connectivity index (χ4n) is 1.88. The second-order valence-electron chi connectivity index (χ2n) is 4.97. The van der Waals surface area contributed by atoms with E-state index in [0.29, 0.717) is 24.7 Å². The van der Waals surface area contributed by atoms with Gasteiger partial charge in [0.25, 0.3) is 0 Å². The highest BCUT2D eigenvalue weighted by molar-refractivity contribution is 5.95. The van der Waals surface area contributed by atoms with Gasteiger partial charge in [-0.05, 0) is 37.6 Å². The molecule has 6 nitrogen and oxygen atoms in total. The average Bonchev–Trinajstić information content (AvgIpc) is 2.58. The molecule has 0 bridgehead atoms. The van der Waals surface area contributed by atoms with Gasteiger partial charge in [0.15, 0.2) is 11.5 Å². The van der Waals surface area contributed by atoms with Crippen LogP contribution in [-0.2, 0) is 9.59 Å². The first-order chi connectivity index (χ1) is 11.5. The molecule has 0 saturated carbocycles. The van der Waals surface area contributed by atoms with E-state index in [9.17, 15) is 9.59 Å². The molecule has 0 aliphatic heterocycles. The van der Waals surface area contributed by atoms with Crippen LogP contribution in [-0.4, -0.2) is 38.1 Å². The first kappa shape index (κ1) is 19.3. The molecule has 2 amide bonds. The fourth-order valence-corrected chi connectivity index (χ4v) is 1.88. The molecule has 0 aromatic heterocycles. The molecule has 0 aliphatic rings. The molecule has 130 valence electrons. The van der Waals surface area contributed by atoms with Crippen molar-refractivity contribution in [3.05, 3.63) is 42.5 Å². The van der Waals surface area contributed by atoms with Crippen LogP contribution in [0, 0.1) is 0 Å². The number of ether oxygens (including phenoxy) is 2. The van der Waals surface area contributed by atoms with Gasteiger partial charge in [-0.25, -0.2) is 0 Å². The average molecular weight is 332 g/mol. The van der Waals surface area contributed by atoms with Gasteiger partial charge in [-0.15, -0.1) is 0 Å². The molecule has 0 unspecified atom stereocenters. The second kappa shape index (κ2) is 10.1. The van der Waals surface area contributed by atoms with Crippen molar-refractivity contribution in [3.63, 3.8) is 0 Å². The number of carbonyl (C=O) groups is 2. The molecule has 2 N–H and O–H groups in total. The summed E-state index contributed by atoms with van der Waals surface area (Å²) in [7, 11) is 1.55. The third kappa shape index (κ3) is 6.16. The monoisotopic (exact) mass is 332 g/mol. The summed E-state index contributed by atoms with van der Waals surface area (Å²) in [5.41, 5.74) is 0.776. The largest absolute Gasteiger partial charge is 0.493 e. The standard InChI is InChI=1S/C18H24N2O4/c1-5-11-24-15-9-7-14(12-16(15)23-4)8-10-17(21)20-13(3)18(22)19-6-2/h5,7-10,12-13H,1,6,11H2,2-4H3,(H,19,22)(H,20,21)/b10-8+/t13-/m1/s1. The molecule has 1 aromatic rings. The normalized spacial score (nSPS) is 11.6. The Bertz CT molecular complexity index is 611. The van der Waals surface area contributed by atoms with Crippen LogP contribution in [0.25, 0.3) is 6.08 Å². The lowest BCUT2D eigenvalue weighted by Crippen LogP contribution is -2.44. The SMILES string of the molecule is C=CCOc1ccc(/C=C/C(=O)N[C@H](C)C(=O)NCC)cc1OC. The van der Waals surface area contributed by atoms with Crippen molar-refractivity contribution in [1.29, 1.82) is 0 Å². The van der Waals surface area contributed by atoms with E-state index in [0.717, 1.165) is 5.56 Å². The molecular weight excluding hydrogens is 308 g/mol. The molecule has 24 heavy (non-hydrogen) atoms. The first-order valence-electron chi connectivity index (χ1n) is 7.69. The number of carbonyl (C=O) groups excluding carboxylic acids is 2. The topological polar surface area (TPSA) is 76.7 Å². The zero-order chi connectivity index (χ0) is 17.9. The van der Waals surface area contributed by atoms with Crippen LogP contribution in [0.15, 0.2) is 36.9 Å². The van der Waals surface area contributed by atoms with Crippen LogP contribution in [0.2, 0.25) is 0 Å². The zero-order valence-corrected chi connectivity index (χ0v) is 14.3. The van der Waals surface area contributed by atoms with Crippen LogP contribution in [0.4, 0.5) is 0 Å². The summed E-state index contributed by atoms with van der Waals surface area (Å²) in [5.74, 6) is 0.600. The Morgan fingerprint density at radius 1 is 1.33 bits per heavy atom. The van der Waals surface area contributed by atoms with Crippen molar-refractivity contribution in [2.75, 3.05) is 20.3 Å². The van der Waals surface area contributed by atoms with Gasteiger partial charge >= 0.3 is 0 Å². The van der Waals surface area contributed by atoms with E-state index in [1.165, 1.54) is 6.08 Å². The summed E-state index contributed by atoms with van der Waals surface area (Å²) in [6.07, 6.45) is 4.65. The summed E-state index contributed by atoms with van der Waals surface area (Å²) >= 11 is 0. The Hall–Kier alpha value is -2.76. The van der Waals surface area contributed by atoms with E-state index in [1.807, 2.05) is 6.92 Å². The summed E-state index contributed by atoms with van der Waals surface area (Å²) in [6.45, 7) is 7.95. The summed E-state index contributed by atoms with van der Waals surface area (Å²) in [5, 5.41) is 5.25. The Balaban J connectivity index is 2.70. The van der Waals surface area contributed by atoms with Gasteiger partial charge in [0.05, 0.1) is 7.11 Å². The lowest BCUT2D eigenvalue weighted by atomic mass is 10.2. The highest BCUT2D eigenvalue weighted by atomic mass is 16.5. The van der Waals surface area contributed by atoms with E-state index in [2.05, 4.69) is 17.2 Å². The van der Waals surface area contributed by atoms with Gasteiger partial charge in [0, 0.05) is 12.6 Å². The maximum atomic E-state index is 11.9. The minimum absolute atomic E-state index is 0.218. The molecule has 1 aromatic carbocycles. The molecule has 0 saturated heterocycles. The van der Waals surface area contributed by atoms with E-state index < -0.39 is 6.04 Å². The molecule has 6 heteroatoms. The lowest BCUT2D eigenvalue weighted by Gasteiger charge is -2.11. The third-order valence-electron chi connectivity index (χ3n) is 3.07. The van der Waals surface area contributed by atoms with Crippen LogP contribution < -0.4 is 20.1 Å². The molecule has 0 heterocycles. The van der Waals surface area contributed by atoms with E-state index in [4.69, 9.17) is 9.47 Å². The molecule has 0 fully saturated rings. The predicted octanol–water partition coefficient (Wildman–Crippen LogP) is 1.91. The number of hydrogen-bond acceptors (Lipinski definition) is 4. The van der Waals surface area contributed by atoms with Crippen molar-refractivity contribution >= 4 is 17.9 Å². The summed E-state index contributed by atoms with van der Waals surface area (Å²) < 4.78 is 10.7. The Labute approximate surface area is 142 Å². The van der Waals surface area contributed by atoms with Gasteiger partial charge in [-0.2, -0.15) is 0 Å². The van der Waals surface area contributed by atoms with Crippen molar-refractivity contribution < 1.29 is 19.1 Å². The maximum absolute atomic E-state index is 11.9. The number of benzene rings is 1. The Morgan fingerprint density at radius 2 is 2.08 bits per heavy atom. The molecular formula is C18H24N2O4. The van der Waals surface area contributed by atoms with Gasteiger partial charge in [-0.1, -0.05) is 18.7 Å². The smallest absolute Gasteiger partial charge is 0.244 e. The molecule has 0 spiro atoms. The summed E-state index contributed by atoms with van der Waals surface area (Å²) in [6, 6.07) is 4.73.